The Morgan fingerprint density at radius 2 is 2.11 bits per heavy atom. The van der Waals surface area contributed by atoms with E-state index in [0.29, 0.717) is 19.5 Å². The van der Waals surface area contributed by atoms with Gasteiger partial charge in [0, 0.05) is 13.1 Å². The number of nitrogens with one attached hydrogen (secondary N) is 1. The van der Waals surface area contributed by atoms with Crippen molar-refractivity contribution >= 4 is 27.3 Å². The monoisotopic (exact) mass is 310 g/mol. The summed E-state index contributed by atoms with van der Waals surface area (Å²) in [5, 5.41) is 11.9. The normalized spacial score (nSPS) is 32.8. The first-order chi connectivity index (χ1) is 8.73. The number of sulfone groups is 1. The van der Waals surface area contributed by atoms with E-state index in [1.54, 1.807) is 0 Å². The number of carbonyl (C=O) groups excluding carboxylic acids is 1. The Bertz CT molecular complexity index is 461. The maximum absolute atomic E-state index is 11.8. The Morgan fingerprint density at radius 1 is 1.47 bits per heavy atom. The Kier molecular flexibility index (Phi) is 4.11. The lowest BCUT2D eigenvalue weighted by atomic mass is 9.91. The molecular weight excluding hydrogens is 292 g/mol. The number of rotatable bonds is 4. The van der Waals surface area contributed by atoms with Gasteiger partial charge in [-0.3, -0.25) is 9.69 Å². The topological polar surface area (TPSA) is 86.7 Å². The van der Waals surface area contributed by atoms with Crippen LogP contribution in [0.4, 0.5) is 0 Å². The summed E-state index contributed by atoms with van der Waals surface area (Å²) in [4.78, 5) is 13.6. The van der Waals surface area contributed by atoms with E-state index in [2.05, 4.69) is 5.32 Å². The lowest BCUT2D eigenvalue weighted by Gasteiger charge is -2.45. The van der Waals surface area contributed by atoms with Crippen LogP contribution >= 0.6 is 11.6 Å². The summed E-state index contributed by atoms with van der Waals surface area (Å²) in [5.74, 6) is -0.421. The molecule has 2 unspecified atom stereocenters. The number of nitrogens with zero attached hydrogens (tertiary/aromatic N) is 1. The third-order valence-electron chi connectivity index (χ3n) is 3.69. The fourth-order valence-corrected chi connectivity index (χ4v) is 5.06. The van der Waals surface area contributed by atoms with E-state index in [0.717, 1.165) is 0 Å². The molecule has 6 nitrogen and oxygen atoms in total. The number of amides is 1. The molecule has 2 N–H and O–H groups in total. The third kappa shape index (κ3) is 3.59. The second-order valence-corrected chi connectivity index (χ2v) is 8.20. The zero-order chi connectivity index (χ0) is 14.3. The Labute approximate surface area is 118 Å². The van der Waals surface area contributed by atoms with Crippen molar-refractivity contribution in [2.45, 2.75) is 30.4 Å². The van der Waals surface area contributed by atoms with E-state index in [1.807, 2.05) is 11.8 Å². The number of carbonyl (C=O) groups is 1. The van der Waals surface area contributed by atoms with E-state index in [4.69, 9.17) is 11.6 Å². The van der Waals surface area contributed by atoms with Crippen molar-refractivity contribution in [3.8, 4) is 0 Å². The summed E-state index contributed by atoms with van der Waals surface area (Å²) in [6.07, 6.45) is 0.662. The lowest BCUT2D eigenvalue weighted by Crippen LogP contribution is -2.63. The molecule has 2 fully saturated rings. The van der Waals surface area contributed by atoms with Crippen LogP contribution in [-0.4, -0.2) is 72.5 Å². The molecule has 0 saturated carbocycles. The summed E-state index contributed by atoms with van der Waals surface area (Å²) >= 11 is 5.91. The van der Waals surface area contributed by atoms with Gasteiger partial charge in [0.1, 0.15) is 0 Å². The molecule has 2 aliphatic rings. The quantitative estimate of drug-likeness (QED) is 0.648. The molecule has 1 amide bonds. The molecule has 0 aromatic carbocycles. The molecule has 0 spiro atoms. The van der Waals surface area contributed by atoms with Gasteiger partial charge in [-0.05, 0) is 6.42 Å². The number of hydrogen-bond acceptors (Lipinski definition) is 5. The minimum absolute atomic E-state index is 0.0845. The highest BCUT2D eigenvalue weighted by Gasteiger charge is 2.41. The molecule has 2 atom stereocenters. The van der Waals surface area contributed by atoms with Crippen LogP contribution in [0.15, 0.2) is 0 Å². The van der Waals surface area contributed by atoms with Crippen molar-refractivity contribution in [2.24, 2.45) is 0 Å². The van der Waals surface area contributed by atoms with Crippen molar-refractivity contribution in [2.75, 3.05) is 31.1 Å². The fourth-order valence-electron chi connectivity index (χ4n) is 2.51. The van der Waals surface area contributed by atoms with Crippen LogP contribution in [0.5, 0.6) is 0 Å². The molecule has 19 heavy (non-hydrogen) atoms. The molecule has 0 bridgehead atoms. The van der Waals surface area contributed by atoms with E-state index >= 15 is 0 Å². The standard InChI is InChI=1S/C11H19ClN2O4S/c1-2-11(16)6-14(7-11)3-10(15)13-9-5-19(17,18)4-8(9)12/h8-9,16H,2-7H2,1H3,(H,13,15). The van der Waals surface area contributed by atoms with Gasteiger partial charge in [0.15, 0.2) is 9.84 Å². The first kappa shape index (κ1) is 15.0. The molecule has 110 valence electrons. The Morgan fingerprint density at radius 3 is 2.58 bits per heavy atom. The van der Waals surface area contributed by atoms with Crippen molar-refractivity contribution in [3.63, 3.8) is 0 Å². The first-order valence-corrected chi connectivity index (χ1v) is 8.57. The van der Waals surface area contributed by atoms with Gasteiger partial charge in [0.2, 0.25) is 5.91 Å². The molecule has 0 aromatic heterocycles. The van der Waals surface area contributed by atoms with Gasteiger partial charge in [-0.25, -0.2) is 8.42 Å². The predicted octanol–water partition coefficient (Wildman–Crippen LogP) is -1.04. The Hall–Kier alpha value is -0.370. The van der Waals surface area contributed by atoms with Crippen LogP contribution in [-0.2, 0) is 14.6 Å². The van der Waals surface area contributed by atoms with Crippen LogP contribution in [0.3, 0.4) is 0 Å². The summed E-state index contributed by atoms with van der Waals surface area (Å²) in [5.41, 5.74) is -0.675. The summed E-state index contributed by atoms with van der Waals surface area (Å²) < 4.78 is 22.7. The van der Waals surface area contributed by atoms with Crippen molar-refractivity contribution in [1.82, 2.24) is 10.2 Å². The van der Waals surface area contributed by atoms with Crippen LogP contribution in [0.1, 0.15) is 13.3 Å². The van der Waals surface area contributed by atoms with E-state index in [1.165, 1.54) is 0 Å². The fraction of sp³-hybridized carbons (Fsp3) is 0.909. The van der Waals surface area contributed by atoms with E-state index in [-0.39, 0.29) is 24.0 Å². The van der Waals surface area contributed by atoms with Gasteiger partial charge < -0.3 is 10.4 Å². The molecular formula is C11H19ClN2O4S. The van der Waals surface area contributed by atoms with Crippen molar-refractivity contribution < 1.29 is 18.3 Å². The molecule has 0 aliphatic carbocycles. The average molecular weight is 311 g/mol. The summed E-state index contributed by atoms with van der Waals surface area (Å²) in [6.45, 7) is 3.02. The number of likely N-dealkylation sites (tertiary alicyclic amines) is 1. The third-order valence-corrected chi connectivity index (χ3v) is 6.07. The van der Waals surface area contributed by atoms with Crippen LogP contribution in [0.25, 0.3) is 0 Å². The van der Waals surface area contributed by atoms with Crippen molar-refractivity contribution in [1.29, 1.82) is 0 Å². The first-order valence-electron chi connectivity index (χ1n) is 6.32. The number of alkyl halides is 1. The van der Waals surface area contributed by atoms with Gasteiger partial charge in [-0.1, -0.05) is 6.92 Å². The minimum Gasteiger partial charge on any atom is -0.387 e. The van der Waals surface area contributed by atoms with E-state index in [9.17, 15) is 18.3 Å². The number of halogens is 1. The Balaban J connectivity index is 1.77. The zero-order valence-corrected chi connectivity index (χ0v) is 12.4. The smallest absolute Gasteiger partial charge is 0.234 e. The number of aliphatic hydroxyl groups is 1. The summed E-state index contributed by atoms with van der Waals surface area (Å²) in [6, 6.07) is -0.509. The average Bonchev–Trinajstić information content (AvgIpc) is 2.49. The zero-order valence-electron chi connectivity index (χ0n) is 10.8. The largest absolute Gasteiger partial charge is 0.387 e. The highest BCUT2D eigenvalue weighted by Crippen LogP contribution is 2.23. The van der Waals surface area contributed by atoms with Gasteiger partial charge in [0.25, 0.3) is 0 Å². The van der Waals surface area contributed by atoms with Gasteiger partial charge in [0.05, 0.1) is 35.1 Å². The highest BCUT2D eigenvalue weighted by atomic mass is 35.5. The van der Waals surface area contributed by atoms with Crippen LogP contribution in [0, 0.1) is 0 Å². The van der Waals surface area contributed by atoms with Gasteiger partial charge in [-0.2, -0.15) is 0 Å². The second kappa shape index (κ2) is 5.20. The molecule has 2 saturated heterocycles. The maximum Gasteiger partial charge on any atom is 0.234 e. The number of hydrogen-bond donors (Lipinski definition) is 2. The van der Waals surface area contributed by atoms with Gasteiger partial charge >= 0.3 is 0 Å². The summed E-state index contributed by atoms with van der Waals surface area (Å²) in [7, 11) is -3.13. The van der Waals surface area contributed by atoms with Crippen molar-refractivity contribution in [3.05, 3.63) is 0 Å². The van der Waals surface area contributed by atoms with Gasteiger partial charge in [-0.15, -0.1) is 11.6 Å². The minimum atomic E-state index is -3.13. The lowest BCUT2D eigenvalue weighted by molar-refractivity contribution is -0.133. The van der Waals surface area contributed by atoms with Crippen LogP contribution < -0.4 is 5.32 Å². The SMILES string of the molecule is CCC1(O)CN(CC(=O)NC2CS(=O)(=O)CC2Cl)C1. The highest BCUT2D eigenvalue weighted by molar-refractivity contribution is 7.91. The van der Waals surface area contributed by atoms with Crippen LogP contribution in [0.2, 0.25) is 0 Å². The van der Waals surface area contributed by atoms with E-state index < -0.39 is 26.9 Å². The molecule has 0 aromatic rings. The maximum atomic E-state index is 11.8. The predicted molar refractivity (Wildman–Crippen MR) is 71.9 cm³/mol. The molecule has 0 radical (unpaired) electrons. The molecule has 2 heterocycles. The second-order valence-electron chi connectivity index (χ2n) is 5.49. The molecule has 2 rings (SSSR count). The molecule has 2 aliphatic heterocycles. The number of β-amino-alcohol motifs (C(OH)–C–C–N with tert-alkyl or cyclic N) is 1. The molecule has 8 heteroatoms.